The van der Waals surface area contributed by atoms with Crippen LogP contribution >= 0.6 is 0 Å². The van der Waals surface area contributed by atoms with Gasteiger partial charge in [0.15, 0.2) is 5.84 Å². The Morgan fingerprint density at radius 1 is 1.25 bits per heavy atom. The highest BCUT2D eigenvalue weighted by Gasteiger charge is 2.17. The Hall–Kier alpha value is -1.81. The first kappa shape index (κ1) is 16.2. The second-order valence-electron chi connectivity index (χ2n) is 4.08. The average Bonchev–Trinajstić information content (AvgIpc) is 2.35. The molecule has 0 fully saturated rings. The van der Waals surface area contributed by atoms with Gasteiger partial charge in [0.1, 0.15) is 9.84 Å². The number of benzene rings is 1. The van der Waals surface area contributed by atoms with Crippen LogP contribution in [0.2, 0.25) is 0 Å². The van der Waals surface area contributed by atoms with Crippen LogP contribution < -0.4 is 10.5 Å². The van der Waals surface area contributed by atoms with E-state index in [0.717, 1.165) is 6.26 Å². The van der Waals surface area contributed by atoms with E-state index < -0.39 is 31.4 Å². The van der Waals surface area contributed by atoms with Gasteiger partial charge in [0, 0.05) is 11.8 Å². The molecule has 0 aliphatic rings. The summed E-state index contributed by atoms with van der Waals surface area (Å²) in [4.78, 5) is 0. The third-order valence-corrected chi connectivity index (χ3v) is 4.78. The van der Waals surface area contributed by atoms with E-state index in [1.54, 1.807) is 12.1 Å². The maximum atomic E-state index is 11.8. The predicted octanol–water partition coefficient (Wildman–Crippen LogP) is -0.433. The number of sulfonamides is 1. The van der Waals surface area contributed by atoms with Crippen molar-refractivity contribution in [3.8, 4) is 0 Å². The number of rotatable bonds is 6. The first-order valence-corrected chi connectivity index (χ1v) is 9.11. The zero-order valence-electron chi connectivity index (χ0n) is 10.6. The second-order valence-corrected chi connectivity index (χ2v) is 8.18. The molecular weight excluding hydrogens is 306 g/mol. The fourth-order valence-corrected chi connectivity index (χ4v) is 4.03. The smallest absolute Gasteiger partial charge is 0.233 e. The van der Waals surface area contributed by atoms with Gasteiger partial charge in [-0.2, -0.15) is 0 Å². The Bertz CT molecular complexity index is 710. The molecule has 0 unspecified atom stereocenters. The van der Waals surface area contributed by atoms with Gasteiger partial charge in [-0.25, -0.2) is 16.8 Å². The van der Waals surface area contributed by atoms with Crippen molar-refractivity contribution in [1.29, 1.82) is 0 Å². The fraction of sp³-hybridized carbons (Fsp3) is 0.300. The Balaban J connectivity index is 2.99. The highest BCUT2D eigenvalue weighted by atomic mass is 32.2. The molecule has 8 nitrogen and oxygen atoms in total. The summed E-state index contributed by atoms with van der Waals surface area (Å²) in [7, 11) is -7.24. The zero-order valence-corrected chi connectivity index (χ0v) is 12.3. The SMILES string of the molecule is CS(=O)(=O)CCS(=O)(=O)Nc1ccccc1C(N)=NO. The molecule has 0 atom stereocenters. The molecule has 0 spiro atoms. The molecule has 1 rings (SSSR count). The third-order valence-electron chi connectivity index (χ3n) is 2.30. The Morgan fingerprint density at radius 3 is 2.40 bits per heavy atom. The molecule has 0 aliphatic heterocycles. The molecule has 0 aromatic heterocycles. The van der Waals surface area contributed by atoms with Gasteiger partial charge in [0.2, 0.25) is 10.0 Å². The predicted molar refractivity (Wildman–Crippen MR) is 76.1 cm³/mol. The summed E-state index contributed by atoms with van der Waals surface area (Å²) >= 11 is 0. The van der Waals surface area contributed by atoms with Gasteiger partial charge in [-0.1, -0.05) is 17.3 Å². The number of nitrogens with two attached hydrogens (primary N) is 1. The number of amidine groups is 1. The molecule has 112 valence electrons. The van der Waals surface area contributed by atoms with Crippen molar-refractivity contribution in [3.63, 3.8) is 0 Å². The van der Waals surface area contributed by atoms with Gasteiger partial charge < -0.3 is 10.9 Å². The minimum Gasteiger partial charge on any atom is -0.409 e. The van der Waals surface area contributed by atoms with Crippen molar-refractivity contribution < 1.29 is 22.0 Å². The van der Waals surface area contributed by atoms with Crippen molar-refractivity contribution in [2.24, 2.45) is 10.9 Å². The summed E-state index contributed by atoms with van der Waals surface area (Å²) in [5, 5.41) is 11.4. The quantitative estimate of drug-likeness (QED) is 0.281. The molecule has 10 heteroatoms. The highest BCUT2D eigenvalue weighted by molar-refractivity contribution is 7.95. The topological polar surface area (TPSA) is 139 Å². The summed E-state index contributed by atoms with van der Waals surface area (Å²) in [6.45, 7) is 0. The van der Waals surface area contributed by atoms with Gasteiger partial charge in [-0.3, -0.25) is 4.72 Å². The zero-order chi connectivity index (χ0) is 15.4. The number of hydrogen-bond donors (Lipinski definition) is 3. The van der Waals surface area contributed by atoms with Crippen LogP contribution in [0.25, 0.3) is 0 Å². The van der Waals surface area contributed by atoms with E-state index in [-0.39, 0.29) is 17.1 Å². The normalized spacial score (nSPS) is 13.2. The van der Waals surface area contributed by atoms with Crippen molar-refractivity contribution in [1.82, 2.24) is 0 Å². The standard InChI is InChI=1S/C10H15N3O5S2/c1-19(15,16)6-7-20(17,18)13-9-5-3-2-4-8(9)10(11)12-14/h2-5,13-14H,6-7H2,1H3,(H2,11,12). The lowest BCUT2D eigenvalue weighted by Crippen LogP contribution is -2.24. The lowest BCUT2D eigenvalue weighted by atomic mass is 10.2. The minimum absolute atomic E-state index is 0.108. The van der Waals surface area contributed by atoms with E-state index in [0.29, 0.717) is 0 Å². The molecule has 0 amide bonds. The maximum absolute atomic E-state index is 11.8. The van der Waals surface area contributed by atoms with Crippen LogP contribution in [-0.2, 0) is 19.9 Å². The molecular formula is C10H15N3O5S2. The molecule has 0 saturated carbocycles. The molecule has 0 radical (unpaired) electrons. The van der Waals surface area contributed by atoms with E-state index in [1.807, 2.05) is 0 Å². The van der Waals surface area contributed by atoms with E-state index >= 15 is 0 Å². The lowest BCUT2D eigenvalue weighted by molar-refractivity contribution is 0.318. The lowest BCUT2D eigenvalue weighted by Gasteiger charge is -2.11. The first-order chi connectivity index (χ1) is 9.14. The van der Waals surface area contributed by atoms with Crippen molar-refractivity contribution in [2.45, 2.75) is 0 Å². The summed E-state index contributed by atoms with van der Waals surface area (Å²) in [5.74, 6) is -1.32. The van der Waals surface area contributed by atoms with Gasteiger partial charge >= 0.3 is 0 Å². The van der Waals surface area contributed by atoms with Crippen LogP contribution in [0.15, 0.2) is 29.4 Å². The van der Waals surface area contributed by atoms with Crippen LogP contribution in [0.3, 0.4) is 0 Å². The first-order valence-electron chi connectivity index (χ1n) is 5.40. The van der Waals surface area contributed by atoms with Crippen LogP contribution in [-0.4, -0.2) is 45.6 Å². The number of anilines is 1. The summed E-state index contributed by atoms with van der Waals surface area (Å²) < 4.78 is 47.8. The molecule has 0 saturated heterocycles. The largest absolute Gasteiger partial charge is 0.409 e. The minimum atomic E-state index is -3.85. The average molecular weight is 321 g/mol. The Labute approximate surface area is 117 Å². The molecule has 4 N–H and O–H groups in total. The number of hydrogen-bond acceptors (Lipinski definition) is 6. The number of nitrogens with one attached hydrogen (secondary N) is 1. The van der Waals surface area contributed by atoms with Gasteiger partial charge in [0.25, 0.3) is 0 Å². The monoisotopic (exact) mass is 321 g/mol. The highest BCUT2D eigenvalue weighted by Crippen LogP contribution is 2.16. The summed E-state index contributed by atoms with van der Waals surface area (Å²) in [5.41, 5.74) is 5.73. The molecule has 0 bridgehead atoms. The van der Waals surface area contributed by atoms with E-state index in [2.05, 4.69) is 9.88 Å². The number of sulfone groups is 1. The second kappa shape index (κ2) is 6.09. The molecule has 1 aromatic carbocycles. The third kappa shape index (κ3) is 5.05. The van der Waals surface area contributed by atoms with E-state index in [4.69, 9.17) is 10.9 Å². The summed E-state index contributed by atoms with van der Waals surface area (Å²) in [6.07, 6.45) is 0.951. The van der Waals surface area contributed by atoms with Crippen LogP contribution in [0.1, 0.15) is 5.56 Å². The van der Waals surface area contributed by atoms with E-state index in [1.165, 1.54) is 12.1 Å². The van der Waals surface area contributed by atoms with Crippen LogP contribution in [0.5, 0.6) is 0 Å². The number of para-hydroxylation sites is 1. The molecule has 20 heavy (non-hydrogen) atoms. The van der Waals surface area contributed by atoms with Crippen LogP contribution in [0, 0.1) is 0 Å². The Morgan fingerprint density at radius 2 is 1.85 bits per heavy atom. The van der Waals surface area contributed by atoms with Crippen LogP contribution in [0.4, 0.5) is 5.69 Å². The fourth-order valence-electron chi connectivity index (χ4n) is 1.33. The van der Waals surface area contributed by atoms with Crippen molar-refractivity contribution >= 4 is 31.4 Å². The summed E-state index contributed by atoms with van der Waals surface area (Å²) in [6, 6.07) is 6.03. The van der Waals surface area contributed by atoms with E-state index in [9.17, 15) is 16.8 Å². The van der Waals surface area contributed by atoms with Crippen molar-refractivity contribution in [2.75, 3.05) is 22.5 Å². The number of nitrogens with zero attached hydrogens (tertiary/aromatic N) is 1. The molecule has 0 aliphatic carbocycles. The molecule has 0 heterocycles. The van der Waals surface area contributed by atoms with Gasteiger partial charge in [-0.15, -0.1) is 0 Å². The van der Waals surface area contributed by atoms with Gasteiger partial charge in [0.05, 0.1) is 17.2 Å². The number of oxime groups is 1. The Kier molecular flexibility index (Phi) is 4.95. The van der Waals surface area contributed by atoms with Gasteiger partial charge in [-0.05, 0) is 12.1 Å². The van der Waals surface area contributed by atoms with Crippen molar-refractivity contribution in [3.05, 3.63) is 29.8 Å². The maximum Gasteiger partial charge on any atom is 0.233 e. The molecule has 1 aromatic rings.